The molecule has 0 spiro atoms. The van der Waals surface area contributed by atoms with E-state index in [1.165, 1.54) is 5.56 Å². The first-order valence-corrected chi connectivity index (χ1v) is 11.8. The number of hydrogen-bond donors (Lipinski definition) is 1. The number of carbonyl (C=O) groups excluding carboxylic acids is 2. The third kappa shape index (κ3) is 4.32. The molecule has 2 amide bonds. The number of halogens is 1. The van der Waals surface area contributed by atoms with E-state index in [9.17, 15) is 14.0 Å². The summed E-state index contributed by atoms with van der Waals surface area (Å²) in [6, 6.07) is 11.3. The minimum atomic E-state index is -0.423. The number of likely N-dealkylation sites (tertiary alicyclic amines) is 1. The Balaban J connectivity index is 1.22. The molecule has 2 saturated heterocycles. The largest absolute Gasteiger partial charge is 0.329 e. The fourth-order valence-corrected chi connectivity index (χ4v) is 5.35. The van der Waals surface area contributed by atoms with Gasteiger partial charge in [-0.25, -0.2) is 4.39 Å². The molecule has 2 fully saturated rings. The molecule has 0 bridgehead atoms. The van der Waals surface area contributed by atoms with Gasteiger partial charge in [-0.1, -0.05) is 30.8 Å². The number of hydrogen-bond acceptors (Lipinski definition) is 3. The lowest BCUT2D eigenvalue weighted by atomic mass is 9.87. The first-order chi connectivity index (χ1) is 15.9. The van der Waals surface area contributed by atoms with Crippen molar-refractivity contribution in [2.75, 3.05) is 13.1 Å². The van der Waals surface area contributed by atoms with E-state index in [2.05, 4.69) is 28.9 Å². The zero-order valence-corrected chi connectivity index (χ0v) is 19.1. The Bertz CT molecular complexity index is 1120. The molecule has 2 aromatic carbocycles. The average Bonchev–Trinajstić information content (AvgIpc) is 3.12. The van der Waals surface area contributed by atoms with E-state index < -0.39 is 6.04 Å². The fourth-order valence-electron chi connectivity index (χ4n) is 5.35. The molecule has 0 radical (unpaired) electrons. The number of rotatable bonds is 4. The van der Waals surface area contributed by atoms with Gasteiger partial charge in [0.15, 0.2) is 0 Å². The van der Waals surface area contributed by atoms with Gasteiger partial charge >= 0.3 is 0 Å². The molecule has 3 aliphatic heterocycles. The molecule has 33 heavy (non-hydrogen) atoms. The Hall–Kier alpha value is -2.99. The molecule has 1 unspecified atom stereocenters. The van der Waals surface area contributed by atoms with Gasteiger partial charge in [0, 0.05) is 24.4 Å². The summed E-state index contributed by atoms with van der Waals surface area (Å²) in [5.41, 5.74) is 5.43. The lowest BCUT2D eigenvalue weighted by Gasteiger charge is -2.32. The van der Waals surface area contributed by atoms with Crippen LogP contribution in [0, 0.1) is 12.7 Å². The van der Waals surface area contributed by atoms with Crippen LogP contribution < -0.4 is 5.32 Å². The van der Waals surface area contributed by atoms with Crippen molar-refractivity contribution in [2.24, 2.45) is 0 Å². The molecule has 1 atom stereocenters. The molecule has 5 nitrogen and oxygen atoms in total. The molecule has 2 aromatic rings. The summed E-state index contributed by atoms with van der Waals surface area (Å²) in [5.74, 6) is 0.129. The second-order valence-electron chi connectivity index (χ2n) is 9.63. The molecule has 3 heterocycles. The number of aryl methyl sites for hydroxylation is 1. The van der Waals surface area contributed by atoms with Crippen LogP contribution in [-0.4, -0.2) is 40.7 Å². The third-order valence-electron chi connectivity index (χ3n) is 7.36. The van der Waals surface area contributed by atoms with Gasteiger partial charge in [0.25, 0.3) is 5.91 Å². The van der Waals surface area contributed by atoms with Crippen molar-refractivity contribution in [3.63, 3.8) is 0 Å². The lowest BCUT2D eigenvalue weighted by molar-refractivity contribution is -0.126. The predicted molar refractivity (Wildman–Crippen MR) is 125 cm³/mol. The summed E-state index contributed by atoms with van der Waals surface area (Å²) in [6.45, 7) is 8.81. The van der Waals surface area contributed by atoms with Crippen LogP contribution in [-0.2, 0) is 17.9 Å². The number of benzene rings is 2. The van der Waals surface area contributed by atoms with Crippen LogP contribution in [0.5, 0.6) is 0 Å². The van der Waals surface area contributed by atoms with E-state index >= 15 is 0 Å². The quantitative estimate of drug-likeness (QED) is 0.762. The summed E-state index contributed by atoms with van der Waals surface area (Å²) in [4.78, 5) is 29.5. The molecule has 1 N–H and O–H groups in total. The van der Waals surface area contributed by atoms with Gasteiger partial charge < -0.3 is 10.2 Å². The van der Waals surface area contributed by atoms with Crippen molar-refractivity contribution >= 4 is 11.8 Å². The molecular formula is C27H30FN3O2. The van der Waals surface area contributed by atoms with Crippen molar-refractivity contribution in [1.29, 1.82) is 0 Å². The molecule has 0 aromatic heterocycles. The summed E-state index contributed by atoms with van der Waals surface area (Å²) >= 11 is 0. The number of allylic oxidation sites excluding steroid dienone is 1. The molecule has 3 aliphatic rings. The molecule has 0 saturated carbocycles. The Morgan fingerprint density at radius 2 is 1.88 bits per heavy atom. The van der Waals surface area contributed by atoms with E-state index in [1.54, 1.807) is 17.9 Å². The van der Waals surface area contributed by atoms with Crippen molar-refractivity contribution in [3.8, 4) is 0 Å². The second kappa shape index (κ2) is 8.75. The van der Waals surface area contributed by atoms with Crippen LogP contribution in [0.2, 0.25) is 0 Å². The third-order valence-corrected chi connectivity index (χ3v) is 7.36. The molecule has 5 rings (SSSR count). The zero-order valence-electron chi connectivity index (χ0n) is 19.1. The highest BCUT2D eigenvalue weighted by atomic mass is 19.1. The van der Waals surface area contributed by atoms with Crippen LogP contribution in [0.1, 0.15) is 64.2 Å². The average molecular weight is 448 g/mol. The maximum Gasteiger partial charge on any atom is 0.255 e. The predicted octanol–water partition coefficient (Wildman–Crippen LogP) is 4.26. The van der Waals surface area contributed by atoms with Gasteiger partial charge in [0.1, 0.15) is 11.9 Å². The number of nitrogens with one attached hydrogen (secondary N) is 1. The van der Waals surface area contributed by atoms with E-state index in [0.29, 0.717) is 30.9 Å². The highest BCUT2D eigenvalue weighted by Gasteiger charge is 2.38. The Morgan fingerprint density at radius 1 is 1.09 bits per heavy atom. The topological polar surface area (TPSA) is 52.7 Å². The summed E-state index contributed by atoms with van der Waals surface area (Å²) in [6.07, 6.45) is 3.41. The van der Waals surface area contributed by atoms with Crippen LogP contribution in [0.15, 0.2) is 48.7 Å². The molecule has 6 heteroatoms. The minimum absolute atomic E-state index is 0.0515. The Labute approximate surface area is 194 Å². The SMILES string of the molecule is C=C1CCC(N2Cc3cc(C4CCN(Cc5ccc(C)c(F)c5)CC4)ccc3C2=O)C(=O)N1. The number of amides is 2. The van der Waals surface area contributed by atoms with Crippen LogP contribution in [0.25, 0.3) is 0 Å². The molecule has 0 aliphatic carbocycles. The van der Waals surface area contributed by atoms with E-state index in [1.807, 2.05) is 18.2 Å². The number of piperidine rings is 2. The molecular weight excluding hydrogens is 417 g/mol. The van der Waals surface area contributed by atoms with Crippen molar-refractivity contribution < 1.29 is 14.0 Å². The van der Waals surface area contributed by atoms with Gasteiger partial charge in [-0.3, -0.25) is 14.5 Å². The van der Waals surface area contributed by atoms with Gasteiger partial charge in [0.2, 0.25) is 5.91 Å². The normalized spacial score (nSPS) is 21.9. The Kier molecular flexibility index (Phi) is 5.79. The highest BCUT2D eigenvalue weighted by molar-refractivity contribution is 6.01. The smallest absolute Gasteiger partial charge is 0.255 e. The van der Waals surface area contributed by atoms with Gasteiger partial charge in [-0.2, -0.15) is 0 Å². The minimum Gasteiger partial charge on any atom is -0.329 e. The van der Waals surface area contributed by atoms with E-state index in [0.717, 1.165) is 54.9 Å². The standard InChI is InChI=1S/C27H30FN3O2/c1-17-3-5-19(13-24(17)28)15-30-11-9-20(10-12-30)21-6-7-23-22(14-21)16-31(27(23)33)25-8-4-18(2)29-26(25)32/h3,5-7,13-14,20,25H,2,4,8-12,15-16H2,1H3,(H,29,32). The number of carbonyl (C=O) groups is 2. The van der Waals surface area contributed by atoms with E-state index in [4.69, 9.17) is 0 Å². The van der Waals surface area contributed by atoms with Crippen LogP contribution >= 0.6 is 0 Å². The van der Waals surface area contributed by atoms with E-state index in [-0.39, 0.29) is 17.6 Å². The molecule has 172 valence electrons. The van der Waals surface area contributed by atoms with Gasteiger partial charge in [0.05, 0.1) is 0 Å². The van der Waals surface area contributed by atoms with Crippen LogP contribution in [0.3, 0.4) is 0 Å². The maximum atomic E-state index is 13.9. The maximum absolute atomic E-state index is 13.9. The first-order valence-electron chi connectivity index (χ1n) is 11.8. The number of fused-ring (bicyclic) bond motifs is 1. The van der Waals surface area contributed by atoms with Crippen molar-refractivity contribution in [2.45, 2.75) is 57.7 Å². The monoisotopic (exact) mass is 447 g/mol. The lowest BCUT2D eigenvalue weighted by Crippen LogP contribution is -2.49. The first kappa shape index (κ1) is 21.8. The zero-order chi connectivity index (χ0) is 23.1. The fraction of sp³-hybridized carbons (Fsp3) is 0.407. The van der Waals surface area contributed by atoms with Crippen LogP contribution in [0.4, 0.5) is 4.39 Å². The van der Waals surface area contributed by atoms with Gasteiger partial charge in [-0.05, 0) is 86.0 Å². The number of nitrogens with zero attached hydrogens (tertiary/aromatic N) is 2. The van der Waals surface area contributed by atoms with Gasteiger partial charge in [-0.15, -0.1) is 0 Å². The second-order valence-corrected chi connectivity index (χ2v) is 9.63. The summed E-state index contributed by atoms with van der Waals surface area (Å²) < 4.78 is 13.9. The van der Waals surface area contributed by atoms with Crippen molar-refractivity contribution in [3.05, 3.63) is 82.3 Å². The highest BCUT2D eigenvalue weighted by Crippen LogP contribution is 2.34. The Morgan fingerprint density at radius 3 is 2.61 bits per heavy atom. The summed E-state index contributed by atoms with van der Waals surface area (Å²) in [7, 11) is 0. The van der Waals surface area contributed by atoms with Crippen molar-refractivity contribution in [1.82, 2.24) is 15.1 Å². The summed E-state index contributed by atoms with van der Waals surface area (Å²) in [5, 5.41) is 2.79.